The fraction of sp³-hybridized carbons (Fsp3) is 0.429. The van der Waals surface area contributed by atoms with Gasteiger partial charge in [-0.25, -0.2) is 0 Å². The van der Waals surface area contributed by atoms with Crippen molar-refractivity contribution in [2.45, 2.75) is 29.0 Å². The molecule has 1 aliphatic heterocycles. The molecule has 0 spiro atoms. The number of hydrogen-bond acceptors (Lipinski definition) is 6. The van der Waals surface area contributed by atoms with E-state index in [0.29, 0.717) is 43.5 Å². The molecule has 1 saturated heterocycles. The summed E-state index contributed by atoms with van der Waals surface area (Å²) < 4.78 is 10.7. The third-order valence-corrected chi connectivity index (χ3v) is 4.67. The predicted octanol–water partition coefficient (Wildman–Crippen LogP) is 2.98. The van der Waals surface area contributed by atoms with Crippen LogP contribution in [0, 0.1) is 0 Å². The highest BCUT2D eigenvalue weighted by Gasteiger charge is 2.35. The van der Waals surface area contributed by atoms with E-state index in [4.69, 9.17) is 26.6 Å². The first-order valence-electron chi connectivity index (χ1n) is 6.74. The molecule has 1 aromatic carbocycles. The molecule has 0 amide bonds. The summed E-state index contributed by atoms with van der Waals surface area (Å²) in [5.74, 6) is 1.77. The Morgan fingerprint density at radius 1 is 1.33 bits per heavy atom. The fourth-order valence-electron chi connectivity index (χ4n) is 2.17. The minimum Gasteiger partial charge on any atom is -0.381 e. The van der Waals surface area contributed by atoms with Crippen molar-refractivity contribution in [1.29, 1.82) is 0 Å². The molecule has 0 radical (unpaired) electrons. The van der Waals surface area contributed by atoms with Crippen LogP contribution in [0.3, 0.4) is 0 Å². The molecule has 21 heavy (non-hydrogen) atoms. The molecule has 0 aliphatic carbocycles. The number of halogens is 1. The Morgan fingerprint density at radius 3 is 2.90 bits per heavy atom. The van der Waals surface area contributed by atoms with Gasteiger partial charge in [0.2, 0.25) is 5.89 Å². The second-order valence-corrected chi connectivity index (χ2v) is 6.52. The third kappa shape index (κ3) is 3.58. The van der Waals surface area contributed by atoms with Crippen LogP contribution >= 0.6 is 23.4 Å². The van der Waals surface area contributed by atoms with Crippen molar-refractivity contribution in [3.63, 3.8) is 0 Å². The van der Waals surface area contributed by atoms with E-state index in [1.165, 1.54) is 0 Å². The highest BCUT2D eigenvalue weighted by atomic mass is 35.5. The molecule has 7 heteroatoms. The van der Waals surface area contributed by atoms with Crippen LogP contribution in [0.25, 0.3) is 0 Å². The number of nitrogens with two attached hydrogens (primary N) is 1. The lowest BCUT2D eigenvalue weighted by Crippen LogP contribution is -2.42. The van der Waals surface area contributed by atoms with Gasteiger partial charge in [0, 0.05) is 23.1 Å². The Balaban J connectivity index is 1.65. The average Bonchev–Trinajstić information content (AvgIpc) is 2.96. The largest absolute Gasteiger partial charge is 0.381 e. The van der Waals surface area contributed by atoms with Crippen molar-refractivity contribution < 1.29 is 9.26 Å². The monoisotopic (exact) mass is 325 g/mol. The van der Waals surface area contributed by atoms with Crippen LogP contribution in [0.1, 0.15) is 24.6 Å². The van der Waals surface area contributed by atoms with Crippen molar-refractivity contribution in [1.82, 2.24) is 10.1 Å². The molecule has 0 atom stereocenters. The number of hydrogen-bond donors (Lipinski definition) is 1. The van der Waals surface area contributed by atoms with E-state index in [2.05, 4.69) is 10.1 Å². The van der Waals surface area contributed by atoms with Gasteiger partial charge in [-0.05, 0) is 31.0 Å². The van der Waals surface area contributed by atoms with Gasteiger partial charge in [0.05, 0.1) is 5.75 Å². The molecule has 3 rings (SSSR count). The molecule has 2 N–H and O–H groups in total. The Labute approximate surface area is 132 Å². The zero-order valence-corrected chi connectivity index (χ0v) is 13.0. The molecule has 0 bridgehead atoms. The lowest BCUT2D eigenvalue weighted by atomic mass is 9.91. The quantitative estimate of drug-likeness (QED) is 0.871. The summed E-state index contributed by atoms with van der Waals surface area (Å²) >= 11 is 7.57. The normalized spacial score (nSPS) is 17.8. The van der Waals surface area contributed by atoms with Gasteiger partial charge in [0.15, 0.2) is 5.82 Å². The summed E-state index contributed by atoms with van der Waals surface area (Å²) in [5, 5.41) is 4.73. The van der Waals surface area contributed by atoms with Crippen LogP contribution in [0.15, 0.2) is 33.7 Å². The standard InChI is InChI=1S/C14H16ClN3O2S/c15-10-2-1-3-11(8-10)21-9-12-17-13(20-18-12)14(16)4-6-19-7-5-14/h1-3,8H,4-7,9,16H2. The van der Waals surface area contributed by atoms with E-state index >= 15 is 0 Å². The second kappa shape index (κ2) is 6.36. The summed E-state index contributed by atoms with van der Waals surface area (Å²) in [7, 11) is 0. The predicted molar refractivity (Wildman–Crippen MR) is 81.2 cm³/mol. The van der Waals surface area contributed by atoms with E-state index in [-0.39, 0.29) is 0 Å². The molecular weight excluding hydrogens is 310 g/mol. The van der Waals surface area contributed by atoms with Crippen LogP contribution in [-0.4, -0.2) is 23.4 Å². The maximum atomic E-state index is 6.32. The number of rotatable bonds is 4. The van der Waals surface area contributed by atoms with Crippen molar-refractivity contribution in [2.75, 3.05) is 13.2 Å². The van der Waals surface area contributed by atoms with Crippen LogP contribution in [0.4, 0.5) is 0 Å². The zero-order valence-electron chi connectivity index (χ0n) is 11.4. The topological polar surface area (TPSA) is 74.2 Å². The maximum Gasteiger partial charge on any atom is 0.246 e. The Bertz CT molecular complexity index is 614. The lowest BCUT2D eigenvalue weighted by molar-refractivity contribution is 0.0400. The average molecular weight is 326 g/mol. The molecule has 1 aromatic heterocycles. The highest BCUT2D eigenvalue weighted by Crippen LogP contribution is 2.29. The third-order valence-electron chi connectivity index (χ3n) is 3.44. The lowest BCUT2D eigenvalue weighted by Gasteiger charge is -2.29. The number of thioether (sulfide) groups is 1. The first-order chi connectivity index (χ1) is 10.2. The van der Waals surface area contributed by atoms with Gasteiger partial charge >= 0.3 is 0 Å². The fourth-order valence-corrected chi connectivity index (χ4v) is 3.22. The first kappa shape index (κ1) is 14.8. The SMILES string of the molecule is NC1(c2nc(CSc3cccc(Cl)c3)no2)CCOCC1. The molecule has 112 valence electrons. The van der Waals surface area contributed by atoms with Crippen LogP contribution in [0.5, 0.6) is 0 Å². The molecule has 2 aromatic rings. The van der Waals surface area contributed by atoms with Crippen LogP contribution in [-0.2, 0) is 16.0 Å². The summed E-state index contributed by atoms with van der Waals surface area (Å²) in [4.78, 5) is 5.50. The van der Waals surface area contributed by atoms with E-state index in [1.54, 1.807) is 11.8 Å². The Kier molecular flexibility index (Phi) is 4.49. The summed E-state index contributed by atoms with van der Waals surface area (Å²) in [6.07, 6.45) is 1.41. The second-order valence-electron chi connectivity index (χ2n) is 5.03. The summed E-state index contributed by atoms with van der Waals surface area (Å²) in [6, 6.07) is 7.68. The first-order valence-corrected chi connectivity index (χ1v) is 8.10. The van der Waals surface area contributed by atoms with Gasteiger partial charge in [0.25, 0.3) is 0 Å². The summed E-state index contributed by atoms with van der Waals surface area (Å²) in [6.45, 7) is 1.26. The van der Waals surface area contributed by atoms with Crippen molar-refractivity contribution in [3.8, 4) is 0 Å². The molecular formula is C14H16ClN3O2S. The molecule has 2 heterocycles. The van der Waals surface area contributed by atoms with E-state index in [0.717, 1.165) is 9.92 Å². The zero-order chi connectivity index (χ0) is 14.7. The van der Waals surface area contributed by atoms with Gasteiger partial charge in [-0.2, -0.15) is 4.98 Å². The van der Waals surface area contributed by atoms with Crippen LogP contribution < -0.4 is 5.73 Å². The minimum absolute atomic E-state index is 0.507. The Morgan fingerprint density at radius 2 is 2.14 bits per heavy atom. The number of nitrogens with zero attached hydrogens (tertiary/aromatic N) is 2. The summed E-state index contributed by atoms with van der Waals surface area (Å²) in [5.41, 5.74) is 5.77. The van der Waals surface area contributed by atoms with Crippen molar-refractivity contribution in [3.05, 3.63) is 41.0 Å². The molecule has 1 fully saturated rings. The van der Waals surface area contributed by atoms with E-state index in [1.807, 2.05) is 24.3 Å². The van der Waals surface area contributed by atoms with Gasteiger partial charge in [-0.1, -0.05) is 22.8 Å². The van der Waals surface area contributed by atoms with Gasteiger partial charge < -0.3 is 15.0 Å². The highest BCUT2D eigenvalue weighted by molar-refractivity contribution is 7.98. The smallest absolute Gasteiger partial charge is 0.246 e. The van der Waals surface area contributed by atoms with Gasteiger partial charge in [-0.3, -0.25) is 0 Å². The molecule has 5 nitrogen and oxygen atoms in total. The number of benzene rings is 1. The number of aromatic nitrogens is 2. The maximum absolute atomic E-state index is 6.32. The van der Waals surface area contributed by atoms with E-state index < -0.39 is 5.54 Å². The molecule has 0 saturated carbocycles. The molecule has 1 aliphatic rings. The van der Waals surface area contributed by atoms with E-state index in [9.17, 15) is 0 Å². The van der Waals surface area contributed by atoms with Gasteiger partial charge in [0.1, 0.15) is 5.54 Å². The van der Waals surface area contributed by atoms with Crippen molar-refractivity contribution >= 4 is 23.4 Å². The van der Waals surface area contributed by atoms with Gasteiger partial charge in [-0.15, -0.1) is 11.8 Å². The van der Waals surface area contributed by atoms with Crippen LogP contribution in [0.2, 0.25) is 5.02 Å². The minimum atomic E-state index is -0.551. The van der Waals surface area contributed by atoms with Crippen molar-refractivity contribution in [2.24, 2.45) is 5.73 Å². The Hall–Kier alpha value is -1.08. The number of ether oxygens (including phenoxy) is 1. The molecule has 0 unspecified atom stereocenters.